The summed E-state index contributed by atoms with van der Waals surface area (Å²) in [4.78, 5) is 10.0. The smallest absolute Gasteiger partial charge is 0.303 e. The zero-order valence-corrected chi connectivity index (χ0v) is 7.56. The quantitative estimate of drug-likeness (QED) is 0.642. The minimum atomic E-state index is -2.04. The van der Waals surface area contributed by atoms with Gasteiger partial charge < -0.3 is 5.11 Å². The van der Waals surface area contributed by atoms with Crippen molar-refractivity contribution < 1.29 is 14.1 Å². The SMILES string of the molecule is CS(C)(=O)=NCCCC(=O)O. The molecule has 66 valence electrons. The third kappa shape index (κ3) is 9.42. The molecule has 0 aliphatic heterocycles. The maximum atomic E-state index is 10.9. The Labute approximate surface area is 66.8 Å². The molecule has 0 saturated carbocycles. The Bertz CT molecular complexity index is 232. The van der Waals surface area contributed by atoms with Gasteiger partial charge in [0, 0.05) is 35.2 Å². The average Bonchev–Trinajstić information content (AvgIpc) is 1.78. The molecule has 0 spiro atoms. The summed E-state index contributed by atoms with van der Waals surface area (Å²) in [5.74, 6) is -0.834. The van der Waals surface area contributed by atoms with Crippen molar-refractivity contribution in [2.24, 2.45) is 4.36 Å². The molecule has 0 atom stereocenters. The van der Waals surface area contributed by atoms with Crippen molar-refractivity contribution in [2.75, 3.05) is 19.1 Å². The Morgan fingerprint density at radius 1 is 1.55 bits per heavy atom. The number of carbonyl (C=O) groups is 1. The second kappa shape index (κ2) is 4.33. The summed E-state index contributed by atoms with van der Waals surface area (Å²) in [6.07, 6.45) is 3.63. The van der Waals surface area contributed by atoms with Crippen LogP contribution in [0, 0.1) is 0 Å². The molecule has 0 fully saturated rings. The van der Waals surface area contributed by atoms with E-state index in [1.807, 2.05) is 0 Å². The number of hydrogen-bond donors (Lipinski definition) is 1. The molecule has 11 heavy (non-hydrogen) atoms. The van der Waals surface area contributed by atoms with Crippen LogP contribution >= 0.6 is 0 Å². The van der Waals surface area contributed by atoms with Gasteiger partial charge in [0.15, 0.2) is 0 Å². The van der Waals surface area contributed by atoms with Gasteiger partial charge in [-0.3, -0.25) is 9.00 Å². The molecule has 0 radical (unpaired) electrons. The molecule has 0 bridgehead atoms. The summed E-state index contributed by atoms with van der Waals surface area (Å²) in [6.45, 7) is 0.373. The lowest BCUT2D eigenvalue weighted by molar-refractivity contribution is -0.137. The van der Waals surface area contributed by atoms with Crippen LogP contribution in [0.25, 0.3) is 0 Å². The molecule has 0 heterocycles. The fourth-order valence-corrected chi connectivity index (χ4v) is 1.08. The molecule has 5 heteroatoms. The Balaban J connectivity index is 3.59. The van der Waals surface area contributed by atoms with Gasteiger partial charge in [-0.25, -0.2) is 4.36 Å². The first kappa shape index (κ1) is 10.4. The van der Waals surface area contributed by atoms with Crippen molar-refractivity contribution in [3.63, 3.8) is 0 Å². The van der Waals surface area contributed by atoms with Gasteiger partial charge in [-0.2, -0.15) is 0 Å². The number of nitrogens with zero attached hydrogens (tertiary/aromatic N) is 1. The molecule has 0 rings (SSSR count). The molecule has 0 aliphatic rings. The molecule has 0 saturated heterocycles. The number of carboxylic acids is 1. The van der Waals surface area contributed by atoms with E-state index in [9.17, 15) is 9.00 Å². The molecule has 0 aromatic carbocycles. The van der Waals surface area contributed by atoms with Crippen LogP contribution in [-0.2, 0) is 14.5 Å². The second-order valence-corrected chi connectivity index (χ2v) is 5.15. The molecule has 1 N–H and O–H groups in total. The molecule has 0 aromatic rings. The Hall–Kier alpha value is -0.580. The van der Waals surface area contributed by atoms with Crippen molar-refractivity contribution in [3.8, 4) is 0 Å². The van der Waals surface area contributed by atoms with Gasteiger partial charge in [-0.1, -0.05) is 0 Å². The lowest BCUT2D eigenvalue weighted by Crippen LogP contribution is -1.98. The summed E-state index contributed by atoms with van der Waals surface area (Å²) < 4.78 is 14.7. The lowest BCUT2D eigenvalue weighted by Gasteiger charge is -1.94. The van der Waals surface area contributed by atoms with Crippen LogP contribution < -0.4 is 0 Å². The first-order valence-corrected chi connectivity index (χ1v) is 5.59. The van der Waals surface area contributed by atoms with E-state index < -0.39 is 15.7 Å². The fraction of sp³-hybridized carbons (Fsp3) is 0.833. The monoisotopic (exact) mass is 179 g/mol. The van der Waals surface area contributed by atoms with Crippen LogP contribution in [0.3, 0.4) is 0 Å². The lowest BCUT2D eigenvalue weighted by atomic mass is 10.3. The first-order chi connectivity index (χ1) is 4.92. The highest BCUT2D eigenvalue weighted by atomic mass is 32.2. The average molecular weight is 179 g/mol. The standard InChI is InChI=1S/C6H13NO3S/c1-11(2,10)7-5-3-4-6(8)9/h3-5H2,1-2H3,(H,8,9). The van der Waals surface area contributed by atoms with Crippen molar-refractivity contribution in [3.05, 3.63) is 0 Å². The Morgan fingerprint density at radius 2 is 2.09 bits per heavy atom. The van der Waals surface area contributed by atoms with Crippen molar-refractivity contribution in [1.82, 2.24) is 0 Å². The van der Waals surface area contributed by atoms with Crippen LogP contribution in [0.1, 0.15) is 12.8 Å². The number of hydrogen-bond acceptors (Lipinski definition) is 3. The Kier molecular flexibility index (Phi) is 4.10. The summed E-state index contributed by atoms with van der Waals surface area (Å²) in [5.41, 5.74) is 0. The number of carboxylic acid groups (broad SMARTS) is 1. The number of aliphatic carboxylic acids is 1. The van der Waals surface area contributed by atoms with E-state index in [-0.39, 0.29) is 6.42 Å². The van der Waals surface area contributed by atoms with E-state index >= 15 is 0 Å². The summed E-state index contributed by atoms with van der Waals surface area (Å²) in [6, 6.07) is 0. The van der Waals surface area contributed by atoms with Crippen molar-refractivity contribution >= 4 is 15.7 Å². The van der Waals surface area contributed by atoms with Gasteiger partial charge in [0.05, 0.1) is 0 Å². The normalized spacial score (nSPS) is 11.1. The third-order valence-corrected chi connectivity index (χ3v) is 1.76. The van der Waals surface area contributed by atoms with Crippen LogP contribution in [0.5, 0.6) is 0 Å². The minimum absolute atomic E-state index is 0.0962. The van der Waals surface area contributed by atoms with E-state index in [0.29, 0.717) is 13.0 Å². The van der Waals surface area contributed by atoms with Crippen LogP contribution in [0.2, 0.25) is 0 Å². The molecule has 0 aliphatic carbocycles. The predicted molar refractivity (Wildman–Crippen MR) is 44.2 cm³/mol. The molecular formula is C6H13NO3S. The maximum absolute atomic E-state index is 10.9. The van der Waals surface area contributed by atoms with Crippen LogP contribution in [0.15, 0.2) is 4.36 Å². The van der Waals surface area contributed by atoms with Crippen LogP contribution in [-0.4, -0.2) is 34.3 Å². The van der Waals surface area contributed by atoms with Gasteiger partial charge >= 0.3 is 5.97 Å². The van der Waals surface area contributed by atoms with Gasteiger partial charge in [0.1, 0.15) is 0 Å². The highest BCUT2D eigenvalue weighted by Crippen LogP contribution is 1.92. The van der Waals surface area contributed by atoms with E-state index in [0.717, 1.165) is 0 Å². The molecule has 0 aromatic heterocycles. The molecule has 0 amide bonds. The van der Waals surface area contributed by atoms with E-state index in [1.54, 1.807) is 0 Å². The largest absolute Gasteiger partial charge is 0.481 e. The van der Waals surface area contributed by atoms with Crippen LogP contribution in [0.4, 0.5) is 0 Å². The minimum Gasteiger partial charge on any atom is -0.481 e. The predicted octanol–water partition coefficient (Wildman–Crippen LogP) is 0.579. The van der Waals surface area contributed by atoms with E-state index in [2.05, 4.69) is 4.36 Å². The summed E-state index contributed by atoms with van der Waals surface area (Å²) >= 11 is 0. The number of rotatable bonds is 4. The summed E-state index contributed by atoms with van der Waals surface area (Å²) in [7, 11) is -2.04. The second-order valence-electron chi connectivity index (χ2n) is 2.53. The fourth-order valence-electron chi connectivity index (χ4n) is 0.515. The first-order valence-electron chi connectivity index (χ1n) is 3.26. The van der Waals surface area contributed by atoms with Gasteiger partial charge in [0.2, 0.25) is 0 Å². The maximum Gasteiger partial charge on any atom is 0.303 e. The van der Waals surface area contributed by atoms with E-state index in [1.165, 1.54) is 12.5 Å². The highest BCUT2D eigenvalue weighted by molar-refractivity contribution is 7.92. The topological polar surface area (TPSA) is 66.7 Å². The van der Waals surface area contributed by atoms with E-state index in [4.69, 9.17) is 5.11 Å². The molecular weight excluding hydrogens is 166 g/mol. The molecule has 0 unspecified atom stereocenters. The van der Waals surface area contributed by atoms with Gasteiger partial charge in [0.25, 0.3) is 0 Å². The zero-order chi connectivity index (χ0) is 8.91. The third-order valence-electron chi connectivity index (χ3n) is 0.951. The molecule has 4 nitrogen and oxygen atoms in total. The van der Waals surface area contributed by atoms with Gasteiger partial charge in [-0.05, 0) is 6.42 Å². The zero-order valence-electron chi connectivity index (χ0n) is 6.74. The van der Waals surface area contributed by atoms with Crippen molar-refractivity contribution in [1.29, 1.82) is 0 Å². The van der Waals surface area contributed by atoms with Crippen molar-refractivity contribution in [2.45, 2.75) is 12.8 Å². The van der Waals surface area contributed by atoms with Gasteiger partial charge in [-0.15, -0.1) is 0 Å². The highest BCUT2D eigenvalue weighted by Gasteiger charge is 1.95. The summed E-state index contributed by atoms with van der Waals surface area (Å²) in [5, 5.41) is 8.23. The Morgan fingerprint density at radius 3 is 2.45 bits per heavy atom.